The minimum atomic E-state index is -0.0600. The number of piperidine rings is 1. The van der Waals surface area contributed by atoms with Crippen LogP contribution in [0.2, 0.25) is 0 Å². The van der Waals surface area contributed by atoms with Gasteiger partial charge < -0.3 is 15.4 Å². The lowest BCUT2D eigenvalue weighted by molar-refractivity contribution is -0.130. The Bertz CT molecular complexity index is 481. The average Bonchev–Trinajstić information content (AvgIpc) is 2.88. The Morgan fingerprint density at radius 3 is 2.55 bits per heavy atom. The van der Waals surface area contributed by atoms with Gasteiger partial charge in [-0.3, -0.25) is 4.79 Å². The molecule has 1 heterocycles. The van der Waals surface area contributed by atoms with Crippen molar-refractivity contribution in [2.45, 2.75) is 18.4 Å². The van der Waals surface area contributed by atoms with E-state index in [-0.39, 0.29) is 36.3 Å². The van der Waals surface area contributed by atoms with Gasteiger partial charge in [0.05, 0.1) is 13.5 Å². The highest BCUT2D eigenvalue weighted by Gasteiger charge is 2.58. The highest BCUT2D eigenvalue weighted by Crippen LogP contribution is 2.47. The number of hydrogen-bond donors (Lipinski definition) is 1. The Morgan fingerprint density at radius 1 is 1.40 bits per heavy atom. The minimum absolute atomic E-state index is 0. The average molecular weight is 319 g/mol. The van der Waals surface area contributed by atoms with Crippen molar-refractivity contribution in [2.24, 2.45) is 11.7 Å². The second-order valence-corrected chi connectivity index (χ2v) is 5.43. The van der Waals surface area contributed by atoms with Gasteiger partial charge >= 0.3 is 0 Å². The Balaban J connectivity index is 0.000001000. The zero-order chi connectivity index (χ0) is 12.8. The summed E-state index contributed by atoms with van der Waals surface area (Å²) in [4.78, 5) is 14.0. The molecule has 1 aliphatic heterocycles. The summed E-state index contributed by atoms with van der Waals surface area (Å²) in [5.74, 6) is 1.53. The number of benzene rings is 1. The van der Waals surface area contributed by atoms with Gasteiger partial charge in [-0.1, -0.05) is 12.1 Å². The van der Waals surface area contributed by atoms with Gasteiger partial charge in [-0.25, -0.2) is 0 Å². The predicted octanol–water partition coefficient (Wildman–Crippen LogP) is 1.64. The maximum atomic E-state index is 12.1. The van der Waals surface area contributed by atoms with Gasteiger partial charge in [0.1, 0.15) is 5.75 Å². The summed E-state index contributed by atoms with van der Waals surface area (Å²) in [7, 11) is 1.64. The molecule has 1 saturated heterocycles. The first-order valence-electron chi connectivity index (χ1n) is 6.30. The monoisotopic (exact) mass is 318 g/mol. The summed E-state index contributed by atoms with van der Waals surface area (Å²) < 4.78 is 5.10. The second kappa shape index (κ2) is 6.20. The molecule has 1 aliphatic carbocycles. The van der Waals surface area contributed by atoms with Crippen LogP contribution in [0.3, 0.4) is 0 Å². The van der Waals surface area contributed by atoms with E-state index in [1.165, 1.54) is 0 Å². The number of rotatable bonds is 3. The van der Waals surface area contributed by atoms with Crippen molar-refractivity contribution in [1.29, 1.82) is 0 Å². The molecule has 6 heteroatoms. The summed E-state index contributed by atoms with van der Waals surface area (Å²) in [6, 6.07) is 7.64. The summed E-state index contributed by atoms with van der Waals surface area (Å²) in [6.07, 6.45) is 1.53. The first-order valence-corrected chi connectivity index (χ1v) is 6.30. The zero-order valence-corrected chi connectivity index (χ0v) is 13.0. The molecule has 0 radical (unpaired) electrons. The summed E-state index contributed by atoms with van der Waals surface area (Å²) in [5, 5.41) is 0. The molecule has 2 fully saturated rings. The lowest BCUT2D eigenvalue weighted by Gasteiger charge is -2.19. The van der Waals surface area contributed by atoms with Crippen LogP contribution in [0.1, 0.15) is 12.0 Å². The quantitative estimate of drug-likeness (QED) is 0.921. The fourth-order valence-electron chi connectivity index (χ4n) is 2.75. The van der Waals surface area contributed by atoms with E-state index in [9.17, 15) is 4.79 Å². The van der Waals surface area contributed by atoms with Crippen molar-refractivity contribution in [2.75, 3.05) is 20.2 Å². The van der Waals surface area contributed by atoms with Crippen molar-refractivity contribution in [3.05, 3.63) is 29.8 Å². The van der Waals surface area contributed by atoms with Crippen LogP contribution in [-0.4, -0.2) is 36.5 Å². The molecule has 2 unspecified atom stereocenters. The maximum absolute atomic E-state index is 12.1. The molecule has 1 aromatic carbocycles. The van der Waals surface area contributed by atoms with Gasteiger partial charge in [-0.2, -0.15) is 0 Å². The molecule has 0 bridgehead atoms. The molecule has 2 N–H and O–H groups in total. The normalized spacial score (nSPS) is 26.1. The molecule has 4 nitrogen and oxygen atoms in total. The summed E-state index contributed by atoms with van der Waals surface area (Å²) >= 11 is 0. The number of carbonyl (C=O) groups excluding carboxylic acids is 1. The lowest BCUT2D eigenvalue weighted by Crippen LogP contribution is -2.37. The number of methoxy groups -OCH3 is 1. The number of nitrogens with two attached hydrogens (primary N) is 1. The van der Waals surface area contributed by atoms with E-state index in [4.69, 9.17) is 10.5 Å². The van der Waals surface area contributed by atoms with E-state index in [1.54, 1.807) is 7.11 Å². The number of ether oxygens (including phenoxy) is 1. The first-order chi connectivity index (χ1) is 8.60. The van der Waals surface area contributed by atoms with Crippen molar-refractivity contribution in [3.63, 3.8) is 0 Å². The smallest absolute Gasteiger partial charge is 0.227 e. The first kappa shape index (κ1) is 17.1. The van der Waals surface area contributed by atoms with Crippen LogP contribution in [0, 0.1) is 5.92 Å². The lowest BCUT2D eigenvalue weighted by atomic mass is 10.1. The third kappa shape index (κ3) is 3.19. The van der Waals surface area contributed by atoms with Crippen molar-refractivity contribution < 1.29 is 9.53 Å². The van der Waals surface area contributed by atoms with E-state index >= 15 is 0 Å². The molecule has 2 atom stereocenters. The molecular weight excluding hydrogens is 299 g/mol. The number of likely N-dealkylation sites (tertiary alicyclic amines) is 1. The minimum Gasteiger partial charge on any atom is -0.497 e. The van der Waals surface area contributed by atoms with Crippen molar-refractivity contribution >= 4 is 30.7 Å². The fourth-order valence-corrected chi connectivity index (χ4v) is 2.75. The van der Waals surface area contributed by atoms with Gasteiger partial charge in [-0.15, -0.1) is 24.8 Å². The van der Waals surface area contributed by atoms with Gasteiger partial charge in [-0.05, 0) is 30.0 Å². The summed E-state index contributed by atoms with van der Waals surface area (Å²) in [6.45, 7) is 1.57. The molecular formula is C14H20Cl2N2O2. The fraction of sp³-hybridized carbons (Fsp3) is 0.500. The van der Waals surface area contributed by atoms with Crippen LogP contribution in [0.5, 0.6) is 5.75 Å². The van der Waals surface area contributed by atoms with Gasteiger partial charge in [0, 0.05) is 18.6 Å². The van der Waals surface area contributed by atoms with Crippen LogP contribution in [0.4, 0.5) is 0 Å². The molecule has 3 rings (SSSR count). The Kier molecular flexibility index (Phi) is 5.30. The largest absolute Gasteiger partial charge is 0.497 e. The van der Waals surface area contributed by atoms with Crippen LogP contribution < -0.4 is 10.5 Å². The van der Waals surface area contributed by atoms with Gasteiger partial charge in [0.15, 0.2) is 0 Å². The van der Waals surface area contributed by atoms with E-state index in [2.05, 4.69) is 0 Å². The Labute approximate surface area is 131 Å². The van der Waals surface area contributed by atoms with E-state index in [0.717, 1.165) is 30.8 Å². The van der Waals surface area contributed by atoms with Crippen LogP contribution in [0.25, 0.3) is 0 Å². The van der Waals surface area contributed by atoms with E-state index in [0.29, 0.717) is 12.3 Å². The molecule has 1 amide bonds. The van der Waals surface area contributed by atoms with Crippen molar-refractivity contribution in [3.8, 4) is 5.75 Å². The molecule has 0 aromatic heterocycles. The topological polar surface area (TPSA) is 55.6 Å². The van der Waals surface area contributed by atoms with Gasteiger partial charge in [0.2, 0.25) is 5.91 Å². The molecule has 20 heavy (non-hydrogen) atoms. The molecule has 1 aromatic rings. The number of amides is 1. The molecule has 2 aliphatic rings. The molecule has 1 saturated carbocycles. The third-order valence-corrected chi connectivity index (χ3v) is 4.07. The standard InChI is InChI=1S/C14H18N2O2.2ClH/c1-18-12-4-2-10(3-5-12)6-13(17)16-8-11-7-14(11,15)9-16;;/h2-5,11H,6-9,15H2,1H3;2*1H. The Hall–Kier alpha value is -0.970. The zero-order valence-electron chi connectivity index (χ0n) is 11.4. The number of nitrogens with zero attached hydrogens (tertiary/aromatic N) is 1. The van der Waals surface area contributed by atoms with Crippen molar-refractivity contribution in [1.82, 2.24) is 4.90 Å². The highest BCUT2D eigenvalue weighted by molar-refractivity contribution is 5.85. The number of halogens is 2. The molecule has 112 valence electrons. The number of hydrogen-bond acceptors (Lipinski definition) is 3. The second-order valence-electron chi connectivity index (χ2n) is 5.43. The number of fused-ring (bicyclic) bond motifs is 1. The van der Waals surface area contributed by atoms with Crippen LogP contribution >= 0.6 is 24.8 Å². The van der Waals surface area contributed by atoms with Crippen LogP contribution in [0.15, 0.2) is 24.3 Å². The van der Waals surface area contributed by atoms with Crippen LogP contribution in [-0.2, 0) is 11.2 Å². The molecule has 0 spiro atoms. The SMILES string of the molecule is COc1ccc(CC(=O)N2CC3CC3(N)C2)cc1.Cl.Cl. The third-order valence-electron chi connectivity index (χ3n) is 4.07. The number of carbonyl (C=O) groups is 1. The predicted molar refractivity (Wildman–Crippen MR) is 82.8 cm³/mol. The van der Waals surface area contributed by atoms with E-state index < -0.39 is 0 Å². The Morgan fingerprint density at radius 2 is 2.05 bits per heavy atom. The van der Waals surface area contributed by atoms with E-state index in [1.807, 2.05) is 29.2 Å². The maximum Gasteiger partial charge on any atom is 0.227 e. The summed E-state index contributed by atoms with van der Waals surface area (Å²) in [5.41, 5.74) is 7.06. The van der Waals surface area contributed by atoms with Gasteiger partial charge in [0.25, 0.3) is 0 Å². The highest BCUT2D eigenvalue weighted by atomic mass is 35.5.